The molecule has 0 aromatic heterocycles. The van der Waals surface area contributed by atoms with Crippen LogP contribution in [0.15, 0.2) is 97.1 Å². The van der Waals surface area contributed by atoms with Crippen LogP contribution in [0.4, 0.5) is 5.69 Å². The van der Waals surface area contributed by atoms with Crippen LogP contribution in [-0.2, 0) is 0 Å². The molecule has 1 saturated heterocycles. The number of nitrogens with zero attached hydrogens (tertiary/aromatic N) is 1. The number of halogens is 3. The largest absolute Gasteiger partial charge is 0.352 e. The molecule has 196 valence electrons. The summed E-state index contributed by atoms with van der Waals surface area (Å²) in [4.78, 5) is 45.8. The highest BCUT2D eigenvalue weighted by Crippen LogP contribution is 2.61. The summed E-state index contributed by atoms with van der Waals surface area (Å²) in [6.07, 6.45) is 3.81. The topological polar surface area (TPSA) is 54.5 Å². The molecule has 1 aliphatic carbocycles. The number of benzene rings is 4. The van der Waals surface area contributed by atoms with Gasteiger partial charge in [-0.15, -0.1) is 0 Å². The van der Waals surface area contributed by atoms with E-state index in [4.69, 9.17) is 34.8 Å². The van der Waals surface area contributed by atoms with E-state index < -0.39 is 23.4 Å². The normalized spacial score (nSPS) is 21.9. The second kappa shape index (κ2) is 9.17. The van der Waals surface area contributed by atoms with Crippen LogP contribution >= 0.6 is 34.8 Å². The molecule has 0 unspecified atom stereocenters. The molecule has 4 aromatic rings. The third-order valence-electron chi connectivity index (χ3n) is 8.41. The second-order valence-corrected chi connectivity index (χ2v) is 11.6. The molecular formula is C33H20Cl3NO3. The van der Waals surface area contributed by atoms with Crippen molar-refractivity contribution in [1.82, 2.24) is 0 Å². The Morgan fingerprint density at radius 3 is 2.05 bits per heavy atom. The van der Waals surface area contributed by atoms with Gasteiger partial charge in [0.1, 0.15) is 11.5 Å². The zero-order chi connectivity index (χ0) is 27.8. The van der Waals surface area contributed by atoms with Crippen LogP contribution in [0.3, 0.4) is 0 Å². The number of Topliss-reactive ketones (excluding diaryl/α,β-unsaturated/α-hetero) is 3. The second-order valence-electron chi connectivity index (χ2n) is 10.3. The quantitative estimate of drug-likeness (QED) is 0.181. The molecule has 0 saturated carbocycles. The summed E-state index contributed by atoms with van der Waals surface area (Å²) < 4.78 is 0. The van der Waals surface area contributed by atoms with Gasteiger partial charge < -0.3 is 4.90 Å². The third-order valence-corrected chi connectivity index (χ3v) is 9.22. The monoisotopic (exact) mass is 583 g/mol. The van der Waals surface area contributed by atoms with E-state index in [0.717, 1.165) is 11.3 Å². The predicted molar refractivity (Wildman–Crippen MR) is 158 cm³/mol. The number of anilines is 1. The molecule has 1 spiro atoms. The maximum atomic E-state index is 14.6. The molecule has 4 nitrogen and oxygen atoms in total. The van der Waals surface area contributed by atoms with Crippen molar-refractivity contribution in [1.29, 1.82) is 0 Å². The zero-order valence-electron chi connectivity index (χ0n) is 20.9. The van der Waals surface area contributed by atoms with E-state index in [1.165, 1.54) is 0 Å². The molecule has 1 fully saturated rings. The van der Waals surface area contributed by atoms with E-state index in [1.807, 2.05) is 41.3 Å². The lowest BCUT2D eigenvalue weighted by Gasteiger charge is -2.37. The van der Waals surface area contributed by atoms with Crippen molar-refractivity contribution in [3.63, 3.8) is 0 Å². The van der Waals surface area contributed by atoms with Crippen molar-refractivity contribution in [2.75, 3.05) is 4.90 Å². The molecule has 40 heavy (non-hydrogen) atoms. The number of carbonyl (C=O) groups excluding carboxylic acids is 3. The minimum atomic E-state index is -1.63. The highest BCUT2D eigenvalue weighted by Gasteiger charge is 2.71. The van der Waals surface area contributed by atoms with Gasteiger partial charge in [-0.25, -0.2) is 0 Å². The smallest absolute Gasteiger partial charge is 0.185 e. The molecule has 7 rings (SSSR count). The van der Waals surface area contributed by atoms with Crippen LogP contribution in [0.5, 0.6) is 0 Å². The maximum Gasteiger partial charge on any atom is 0.185 e. The number of fused-ring (bicyclic) bond motifs is 5. The molecule has 7 heteroatoms. The molecule has 2 heterocycles. The van der Waals surface area contributed by atoms with Crippen LogP contribution in [0.2, 0.25) is 15.1 Å². The van der Waals surface area contributed by atoms with Crippen molar-refractivity contribution < 1.29 is 14.4 Å². The van der Waals surface area contributed by atoms with Crippen molar-refractivity contribution in [2.45, 2.75) is 18.0 Å². The van der Waals surface area contributed by atoms with Gasteiger partial charge in [0, 0.05) is 43.4 Å². The lowest BCUT2D eigenvalue weighted by molar-refractivity contribution is 0.0666. The first-order valence-corrected chi connectivity index (χ1v) is 14.0. The Kier molecular flexibility index (Phi) is 5.79. The SMILES string of the molecule is O=C(c1ccc(Cl)cc1)[C@@H]1[C@H](c2ccc(Cl)cc2Cl)C2(C(=O)c3ccccc3C2=O)[C@H]2C=Cc3ccccc3N12. The molecule has 3 atom stereocenters. The van der Waals surface area contributed by atoms with Crippen LogP contribution in [0, 0.1) is 5.41 Å². The van der Waals surface area contributed by atoms with Crippen LogP contribution in [0.25, 0.3) is 6.08 Å². The number of ketones is 3. The fraction of sp³-hybridized carbons (Fsp3) is 0.121. The van der Waals surface area contributed by atoms with E-state index in [0.29, 0.717) is 37.3 Å². The molecule has 0 amide bonds. The Morgan fingerprint density at radius 1 is 0.750 bits per heavy atom. The first-order valence-electron chi connectivity index (χ1n) is 12.8. The van der Waals surface area contributed by atoms with E-state index >= 15 is 0 Å². The van der Waals surface area contributed by atoms with E-state index in [9.17, 15) is 14.4 Å². The van der Waals surface area contributed by atoms with Gasteiger partial charge in [0.15, 0.2) is 17.3 Å². The van der Waals surface area contributed by atoms with E-state index in [-0.39, 0.29) is 17.3 Å². The zero-order valence-corrected chi connectivity index (χ0v) is 23.1. The number of para-hydroxylation sites is 1. The van der Waals surface area contributed by atoms with Gasteiger partial charge in [-0.2, -0.15) is 0 Å². The average molecular weight is 585 g/mol. The number of rotatable bonds is 3. The van der Waals surface area contributed by atoms with Crippen LogP contribution in [0.1, 0.15) is 48.1 Å². The average Bonchev–Trinajstić information content (AvgIpc) is 3.39. The standard InChI is InChI=1S/C33H20Cl3NO3/c34-20-12-9-19(10-13-20)30(38)29-28(24-15-14-21(35)17-25(24)36)33(31(39)22-6-2-3-7-23(22)32(33)40)27-16-11-18-5-1-4-8-26(18)37(27)29/h1-17,27-29H/t27-,28+,29+/m1/s1. The Labute approximate surface area is 245 Å². The Bertz CT molecular complexity index is 1740. The summed E-state index contributed by atoms with van der Waals surface area (Å²) in [5, 5.41) is 1.20. The van der Waals surface area contributed by atoms with Gasteiger partial charge in [-0.1, -0.05) is 95.5 Å². The Balaban J connectivity index is 1.56. The first kappa shape index (κ1) is 25.3. The highest BCUT2D eigenvalue weighted by atomic mass is 35.5. The summed E-state index contributed by atoms with van der Waals surface area (Å²) in [5.74, 6) is -1.77. The molecule has 0 radical (unpaired) electrons. The van der Waals surface area contributed by atoms with Crippen molar-refractivity contribution in [3.8, 4) is 0 Å². The maximum absolute atomic E-state index is 14.6. The van der Waals surface area contributed by atoms with Gasteiger partial charge in [-0.05, 0) is 53.6 Å². The predicted octanol–water partition coefficient (Wildman–Crippen LogP) is 7.96. The van der Waals surface area contributed by atoms with Gasteiger partial charge in [0.2, 0.25) is 0 Å². The minimum Gasteiger partial charge on any atom is -0.352 e. The number of hydrogen-bond donors (Lipinski definition) is 0. The summed E-state index contributed by atoms with van der Waals surface area (Å²) in [6, 6.07) is 24.6. The minimum absolute atomic E-state index is 0.240. The molecule has 4 aromatic carbocycles. The summed E-state index contributed by atoms with van der Waals surface area (Å²) in [7, 11) is 0. The lowest BCUT2D eigenvalue weighted by atomic mass is 9.64. The van der Waals surface area contributed by atoms with E-state index in [2.05, 4.69) is 0 Å². The van der Waals surface area contributed by atoms with Crippen molar-refractivity contribution in [2.24, 2.45) is 5.41 Å². The summed E-state index contributed by atoms with van der Waals surface area (Å²) in [5.41, 5.74) is 1.68. The third kappa shape index (κ3) is 3.37. The molecule has 2 aliphatic heterocycles. The molecule has 3 aliphatic rings. The van der Waals surface area contributed by atoms with Crippen molar-refractivity contribution in [3.05, 3.63) is 140 Å². The Hall–Kier alpha value is -3.70. The van der Waals surface area contributed by atoms with Crippen LogP contribution < -0.4 is 4.90 Å². The Morgan fingerprint density at radius 2 is 1.38 bits per heavy atom. The van der Waals surface area contributed by atoms with Gasteiger partial charge in [-0.3, -0.25) is 14.4 Å². The molecule has 0 bridgehead atoms. The fourth-order valence-corrected chi connectivity index (χ4v) is 7.45. The number of carbonyl (C=O) groups is 3. The molecule has 0 N–H and O–H groups in total. The molecular weight excluding hydrogens is 565 g/mol. The van der Waals surface area contributed by atoms with Crippen molar-refractivity contribution >= 4 is 63.9 Å². The highest BCUT2D eigenvalue weighted by molar-refractivity contribution is 6.36. The number of hydrogen-bond acceptors (Lipinski definition) is 4. The van der Waals surface area contributed by atoms with Crippen LogP contribution in [-0.4, -0.2) is 29.4 Å². The lowest BCUT2D eigenvalue weighted by Crippen LogP contribution is -2.48. The van der Waals surface area contributed by atoms with E-state index in [1.54, 1.807) is 66.7 Å². The first-order chi connectivity index (χ1) is 19.3. The fourth-order valence-electron chi connectivity index (χ4n) is 6.80. The van der Waals surface area contributed by atoms with Gasteiger partial charge >= 0.3 is 0 Å². The van der Waals surface area contributed by atoms with Gasteiger partial charge in [0.25, 0.3) is 0 Å². The van der Waals surface area contributed by atoms with Gasteiger partial charge in [0.05, 0.1) is 6.04 Å². The summed E-state index contributed by atoms with van der Waals surface area (Å²) in [6.45, 7) is 0. The summed E-state index contributed by atoms with van der Waals surface area (Å²) >= 11 is 19.3.